The van der Waals surface area contributed by atoms with Crippen LogP contribution < -0.4 is 5.32 Å². The van der Waals surface area contributed by atoms with Crippen LogP contribution in [0.25, 0.3) is 0 Å². The van der Waals surface area contributed by atoms with Crippen molar-refractivity contribution >= 4 is 35.8 Å². The first kappa shape index (κ1) is 23.1. The zero-order chi connectivity index (χ0) is 19.9. The summed E-state index contributed by atoms with van der Waals surface area (Å²) in [4.78, 5) is 20.0. The Kier molecular flexibility index (Phi) is 8.88. The fourth-order valence-electron chi connectivity index (χ4n) is 3.48. The number of nitrogens with one attached hydrogen (secondary N) is 1. The first-order valence-electron chi connectivity index (χ1n) is 9.57. The van der Waals surface area contributed by atoms with E-state index in [2.05, 4.69) is 28.5 Å². The Labute approximate surface area is 189 Å². The van der Waals surface area contributed by atoms with Gasteiger partial charge in [-0.1, -0.05) is 36.4 Å². The maximum atomic E-state index is 13.4. The van der Waals surface area contributed by atoms with Gasteiger partial charge in [-0.15, -0.1) is 24.0 Å². The normalized spacial score (nSPS) is 14.0. The first-order chi connectivity index (χ1) is 13.5. The zero-order valence-corrected chi connectivity index (χ0v) is 19.2. The van der Waals surface area contributed by atoms with Gasteiger partial charge < -0.3 is 15.1 Å². The number of hydrogen-bond donors (Lipinski definition) is 1. The van der Waals surface area contributed by atoms with Gasteiger partial charge >= 0.3 is 0 Å². The third kappa shape index (κ3) is 6.69. The van der Waals surface area contributed by atoms with Gasteiger partial charge in [-0.05, 0) is 35.2 Å². The molecule has 1 N–H and O–H groups in total. The zero-order valence-electron chi connectivity index (χ0n) is 16.9. The lowest BCUT2D eigenvalue weighted by Crippen LogP contribution is -2.38. The Balaban J connectivity index is 0.00000300. The van der Waals surface area contributed by atoms with Gasteiger partial charge in [0.25, 0.3) is 0 Å². The topological polar surface area (TPSA) is 47.9 Å². The lowest BCUT2D eigenvalue weighted by atomic mass is 10.1. The van der Waals surface area contributed by atoms with Crippen LogP contribution in [-0.2, 0) is 24.4 Å². The fourth-order valence-corrected chi connectivity index (χ4v) is 3.48. The summed E-state index contributed by atoms with van der Waals surface area (Å²) in [5, 5.41) is 3.35. The molecular weight excluding hydrogens is 482 g/mol. The van der Waals surface area contributed by atoms with Crippen molar-refractivity contribution in [1.29, 1.82) is 0 Å². The molecule has 0 atom stereocenters. The van der Waals surface area contributed by atoms with E-state index < -0.39 is 0 Å². The SMILES string of the molecule is CN=C(NCc1cccc(CN2CCCC2=O)c1)N(C)Cc1cccc(F)c1.I. The van der Waals surface area contributed by atoms with Crippen LogP contribution in [-0.4, -0.2) is 42.3 Å². The molecule has 0 aromatic heterocycles. The Morgan fingerprint density at radius 2 is 1.90 bits per heavy atom. The molecule has 1 aliphatic rings. The minimum atomic E-state index is -0.234. The molecule has 29 heavy (non-hydrogen) atoms. The summed E-state index contributed by atoms with van der Waals surface area (Å²) in [5.74, 6) is 0.745. The molecule has 3 rings (SSSR count). The van der Waals surface area contributed by atoms with Gasteiger partial charge in [0.2, 0.25) is 5.91 Å². The Hall–Kier alpha value is -2.16. The van der Waals surface area contributed by atoms with Crippen molar-refractivity contribution in [2.24, 2.45) is 4.99 Å². The summed E-state index contributed by atoms with van der Waals surface area (Å²) in [7, 11) is 3.66. The standard InChI is InChI=1S/C22H27FN4O.HI/c1-24-22(26(2)15-19-8-4-9-20(23)13-19)25-14-17-6-3-7-18(12-17)16-27-11-5-10-21(27)28;/h3-4,6-9,12-13H,5,10-11,14-16H2,1-2H3,(H,24,25);1H. The van der Waals surface area contributed by atoms with Crippen LogP contribution in [0.5, 0.6) is 0 Å². The van der Waals surface area contributed by atoms with Gasteiger partial charge in [-0.2, -0.15) is 0 Å². The summed E-state index contributed by atoms with van der Waals surface area (Å²) >= 11 is 0. The van der Waals surface area contributed by atoms with Crippen molar-refractivity contribution in [2.45, 2.75) is 32.5 Å². The van der Waals surface area contributed by atoms with E-state index in [0.29, 0.717) is 26.1 Å². The number of likely N-dealkylation sites (tertiary alicyclic amines) is 1. The van der Waals surface area contributed by atoms with Gasteiger partial charge in [-0.25, -0.2) is 4.39 Å². The molecule has 156 valence electrons. The smallest absolute Gasteiger partial charge is 0.222 e. The molecule has 7 heteroatoms. The van der Waals surface area contributed by atoms with Gasteiger partial charge in [-0.3, -0.25) is 9.79 Å². The Morgan fingerprint density at radius 1 is 1.17 bits per heavy atom. The second kappa shape index (κ2) is 11.1. The summed E-state index contributed by atoms with van der Waals surface area (Å²) in [6, 6.07) is 14.8. The lowest BCUT2D eigenvalue weighted by Gasteiger charge is -2.22. The number of rotatable bonds is 6. The highest BCUT2D eigenvalue weighted by molar-refractivity contribution is 14.0. The van der Waals surface area contributed by atoms with Gasteiger partial charge in [0.15, 0.2) is 5.96 Å². The number of guanidine groups is 1. The molecule has 1 heterocycles. The van der Waals surface area contributed by atoms with E-state index in [9.17, 15) is 9.18 Å². The second-order valence-corrected chi connectivity index (χ2v) is 7.13. The number of benzene rings is 2. The predicted octanol–water partition coefficient (Wildman–Crippen LogP) is 3.77. The molecule has 1 fully saturated rings. The van der Waals surface area contributed by atoms with E-state index in [1.165, 1.54) is 12.1 Å². The van der Waals surface area contributed by atoms with E-state index >= 15 is 0 Å². The quantitative estimate of drug-likeness (QED) is 0.366. The molecule has 0 saturated carbocycles. The van der Waals surface area contributed by atoms with Crippen LogP contribution in [0.2, 0.25) is 0 Å². The molecule has 0 aliphatic carbocycles. The van der Waals surface area contributed by atoms with E-state index in [1.54, 1.807) is 13.1 Å². The number of nitrogens with zero attached hydrogens (tertiary/aromatic N) is 3. The molecule has 1 saturated heterocycles. The number of amides is 1. The summed E-state index contributed by atoms with van der Waals surface area (Å²) < 4.78 is 13.4. The first-order valence-corrected chi connectivity index (χ1v) is 9.57. The molecule has 1 amide bonds. The van der Waals surface area contributed by atoms with Crippen LogP contribution in [0.1, 0.15) is 29.5 Å². The summed E-state index contributed by atoms with van der Waals surface area (Å²) in [5.41, 5.74) is 3.16. The number of halogens is 2. The average molecular weight is 510 g/mol. The van der Waals surface area contributed by atoms with Crippen LogP contribution in [0, 0.1) is 5.82 Å². The summed E-state index contributed by atoms with van der Waals surface area (Å²) in [6.45, 7) is 2.70. The van der Waals surface area contributed by atoms with Gasteiger partial charge in [0, 0.05) is 46.7 Å². The van der Waals surface area contributed by atoms with E-state index in [1.807, 2.05) is 29.0 Å². The fraction of sp³-hybridized carbons (Fsp3) is 0.364. The lowest BCUT2D eigenvalue weighted by molar-refractivity contribution is -0.128. The maximum absolute atomic E-state index is 13.4. The molecule has 0 spiro atoms. The van der Waals surface area contributed by atoms with Gasteiger partial charge in [0.1, 0.15) is 5.82 Å². The minimum Gasteiger partial charge on any atom is -0.352 e. The third-order valence-corrected chi connectivity index (χ3v) is 4.87. The molecule has 0 unspecified atom stereocenters. The highest BCUT2D eigenvalue weighted by Gasteiger charge is 2.19. The minimum absolute atomic E-state index is 0. The second-order valence-electron chi connectivity index (χ2n) is 7.13. The van der Waals surface area contributed by atoms with Crippen LogP contribution >= 0.6 is 24.0 Å². The maximum Gasteiger partial charge on any atom is 0.222 e. The Morgan fingerprint density at radius 3 is 2.59 bits per heavy atom. The van der Waals surface area contributed by atoms with Crippen LogP contribution in [0.4, 0.5) is 4.39 Å². The van der Waals surface area contributed by atoms with E-state index in [-0.39, 0.29) is 35.7 Å². The van der Waals surface area contributed by atoms with Crippen molar-refractivity contribution in [1.82, 2.24) is 15.1 Å². The van der Waals surface area contributed by atoms with E-state index in [4.69, 9.17) is 0 Å². The molecule has 2 aromatic rings. The summed E-state index contributed by atoms with van der Waals surface area (Å²) in [6.07, 6.45) is 1.61. The third-order valence-electron chi connectivity index (χ3n) is 4.87. The number of carbonyl (C=O) groups excluding carboxylic acids is 1. The van der Waals surface area contributed by atoms with Crippen molar-refractivity contribution in [3.05, 3.63) is 71.0 Å². The molecule has 0 bridgehead atoms. The molecule has 0 radical (unpaired) electrons. The van der Waals surface area contributed by atoms with Crippen LogP contribution in [0.15, 0.2) is 53.5 Å². The number of aliphatic imine (C=N–C) groups is 1. The van der Waals surface area contributed by atoms with Crippen molar-refractivity contribution < 1.29 is 9.18 Å². The monoisotopic (exact) mass is 510 g/mol. The average Bonchev–Trinajstić information content (AvgIpc) is 3.07. The number of carbonyl (C=O) groups is 1. The molecule has 1 aliphatic heterocycles. The number of hydrogen-bond acceptors (Lipinski definition) is 2. The van der Waals surface area contributed by atoms with Crippen LogP contribution in [0.3, 0.4) is 0 Å². The predicted molar refractivity (Wildman–Crippen MR) is 125 cm³/mol. The highest BCUT2D eigenvalue weighted by atomic mass is 127. The van der Waals surface area contributed by atoms with Crippen molar-refractivity contribution in [3.63, 3.8) is 0 Å². The van der Waals surface area contributed by atoms with Gasteiger partial charge in [0.05, 0.1) is 0 Å². The molecule has 2 aromatic carbocycles. The van der Waals surface area contributed by atoms with E-state index in [0.717, 1.165) is 35.6 Å². The molecule has 5 nitrogen and oxygen atoms in total. The highest BCUT2D eigenvalue weighted by Crippen LogP contribution is 2.15. The largest absolute Gasteiger partial charge is 0.352 e. The molecular formula is C22H28FIN4O. The Bertz CT molecular complexity index is 858. The van der Waals surface area contributed by atoms with Crippen molar-refractivity contribution in [3.8, 4) is 0 Å². The van der Waals surface area contributed by atoms with Crippen molar-refractivity contribution in [2.75, 3.05) is 20.6 Å².